The molecule has 1 aliphatic carbocycles. The van der Waals surface area contributed by atoms with Crippen molar-refractivity contribution in [2.75, 3.05) is 19.3 Å². The number of rotatable bonds is 4. The van der Waals surface area contributed by atoms with Crippen LogP contribution in [-0.4, -0.2) is 50.5 Å². The second kappa shape index (κ2) is 7.67. The average Bonchev–Trinajstić information content (AvgIpc) is 3.18. The molecule has 28 heavy (non-hydrogen) atoms. The van der Waals surface area contributed by atoms with E-state index in [0.29, 0.717) is 41.9 Å². The summed E-state index contributed by atoms with van der Waals surface area (Å²) in [6, 6.07) is 3.09. The number of fused-ring (bicyclic) bond motifs is 1. The number of nitrogens with zero attached hydrogens (tertiary/aromatic N) is 5. The van der Waals surface area contributed by atoms with E-state index < -0.39 is 20.0 Å². The van der Waals surface area contributed by atoms with E-state index in [2.05, 4.69) is 20.4 Å². The van der Waals surface area contributed by atoms with Crippen molar-refractivity contribution < 1.29 is 13.0 Å². The van der Waals surface area contributed by atoms with Gasteiger partial charge in [-0.2, -0.15) is 5.10 Å². The Morgan fingerprint density at radius 3 is 2.68 bits per heavy atom. The van der Waals surface area contributed by atoms with Crippen molar-refractivity contribution in [3.63, 3.8) is 0 Å². The second-order valence-corrected chi connectivity index (χ2v) is 7.25. The van der Waals surface area contributed by atoms with E-state index in [-0.39, 0.29) is 11.8 Å². The van der Waals surface area contributed by atoms with Crippen molar-refractivity contribution >= 4 is 22.6 Å². The molecule has 0 aliphatic heterocycles. The summed E-state index contributed by atoms with van der Waals surface area (Å²) < 4.78 is 47.3. The monoisotopic (exact) mass is 384 g/mol. The lowest BCUT2D eigenvalue weighted by molar-refractivity contribution is -0.121. The van der Waals surface area contributed by atoms with Gasteiger partial charge in [0.15, 0.2) is 0 Å². The lowest BCUT2D eigenvalue weighted by Gasteiger charge is -2.31. The van der Waals surface area contributed by atoms with Crippen LogP contribution in [0.2, 0.25) is 0 Å². The highest BCUT2D eigenvalue weighted by molar-refractivity contribution is 5.94. The van der Waals surface area contributed by atoms with Gasteiger partial charge in [0.2, 0.25) is 5.91 Å². The van der Waals surface area contributed by atoms with Gasteiger partial charge in [-0.3, -0.25) is 14.5 Å². The van der Waals surface area contributed by atoms with Gasteiger partial charge in [0.05, 0.1) is 17.9 Å². The molecule has 1 N–H and O–H groups in total. The van der Waals surface area contributed by atoms with Crippen LogP contribution in [0.25, 0.3) is 22.0 Å². The second-order valence-electron chi connectivity index (χ2n) is 7.25. The Balaban J connectivity index is 1.43. The quantitative estimate of drug-likeness (QED) is 0.748. The zero-order valence-electron chi connectivity index (χ0n) is 21.6. The van der Waals surface area contributed by atoms with E-state index in [1.54, 1.807) is 29.3 Å². The topological polar surface area (TPSA) is 75.9 Å². The van der Waals surface area contributed by atoms with E-state index in [1.165, 1.54) is 0 Å². The lowest BCUT2D eigenvalue weighted by atomic mass is 9.85. The van der Waals surface area contributed by atoms with Crippen LogP contribution in [0, 0.1) is 5.92 Å². The van der Waals surface area contributed by atoms with Crippen molar-refractivity contribution in [3.8, 4) is 11.1 Å². The summed E-state index contributed by atoms with van der Waals surface area (Å²) in [6.07, 6.45) is 8.43. The molecule has 0 spiro atoms. The van der Waals surface area contributed by atoms with Gasteiger partial charge in [-0.25, -0.2) is 4.98 Å². The highest BCUT2D eigenvalue weighted by Gasteiger charge is 2.27. The minimum atomic E-state index is -2.72. The number of pyridine rings is 2. The first kappa shape index (κ1) is 12.6. The van der Waals surface area contributed by atoms with E-state index in [4.69, 9.17) is 8.22 Å². The predicted octanol–water partition coefficient (Wildman–Crippen LogP) is 3.09. The molecule has 4 rings (SSSR count). The highest BCUT2D eigenvalue weighted by atomic mass is 16.1. The molecule has 0 radical (unpaired) electrons. The van der Waals surface area contributed by atoms with Crippen molar-refractivity contribution in [2.45, 2.75) is 31.7 Å². The number of aryl methyl sites for hydroxylation is 1. The van der Waals surface area contributed by atoms with Crippen molar-refractivity contribution in [2.24, 2.45) is 13.0 Å². The third-order valence-electron chi connectivity index (χ3n) is 5.29. The number of nitrogens with one attached hydrogen (secondary N) is 1. The van der Waals surface area contributed by atoms with Gasteiger partial charge < -0.3 is 10.2 Å². The first-order chi connectivity index (χ1) is 15.9. The molecule has 3 heterocycles. The number of hydrogen-bond acceptors (Lipinski definition) is 5. The standard InChI is InChI=1S/C21H26N6O/c1-26(2)18-6-4-14(5-7-18)21(28)25-20-9-15-8-16(10-22-19(15)12-23-20)17-11-24-27(3)13-17/h8-14,18H,4-7H2,1-3H3,(H,23,25,28)/i1D3,2D3. The number of amides is 1. The maximum Gasteiger partial charge on any atom is 0.228 e. The number of carbonyl (C=O) groups is 1. The summed E-state index contributed by atoms with van der Waals surface area (Å²) in [5.74, 6) is -0.156. The van der Waals surface area contributed by atoms with Gasteiger partial charge in [0.25, 0.3) is 0 Å². The fourth-order valence-corrected chi connectivity index (χ4v) is 3.65. The molecule has 1 saturated carbocycles. The highest BCUT2D eigenvalue weighted by Crippen LogP contribution is 2.28. The maximum absolute atomic E-state index is 12.9. The number of hydrogen-bond donors (Lipinski definition) is 1. The summed E-state index contributed by atoms with van der Waals surface area (Å²) in [6.45, 7) is -5.44. The number of anilines is 1. The summed E-state index contributed by atoms with van der Waals surface area (Å²) >= 11 is 0. The molecule has 7 nitrogen and oxygen atoms in total. The Labute approximate surface area is 173 Å². The van der Waals surface area contributed by atoms with Crippen LogP contribution in [-0.2, 0) is 11.8 Å². The van der Waals surface area contributed by atoms with Crippen LogP contribution in [0.1, 0.15) is 33.9 Å². The van der Waals surface area contributed by atoms with Crippen LogP contribution >= 0.6 is 0 Å². The normalized spacial score (nSPS) is 23.9. The third-order valence-corrected chi connectivity index (χ3v) is 5.29. The molecule has 1 aliphatic rings. The molecule has 3 aromatic rings. The Kier molecular flexibility index (Phi) is 3.46. The summed E-state index contributed by atoms with van der Waals surface area (Å²) in [5, 5.41) is 7.84. The smallest absolute Gasteiger partial charge is 0.228 e. The fourth-order valence-electron chi connectivity index (χ4n) is 3.65. The molecular formula is C21H26N6O. The molecule has 1 fully saturated rings. The maximum atomic E-state index is 12.9. The summed E-state index contributed by atoms with van der Waals surface area (Å²) in [5.41, 5.74) is 2.52. The molecule has 3 aromatic heterocycles. The Hall–Kier alpha value is -2.80. The average molecular weight is 385 g/mol. The molecule has 0 bridgehead atoms. The summed E-state index contributed by atoms with van der Waals surface area (Å²) in [4.78, 5) is 22.2. The van der Waals surface area contributed by atoms with E-state index in [1.807, 2.05) is 19.3 Å². The van der Waals surface area contributed by atoms with Gasteiger partial charge >= 0.3 is 0 Å². The molecule has 7 heteroatoms. The van der Waals surface area contributed by atoms with Gasteiger partial charge in [-0.1, -0.05) is 0 Å². The first-order valence-corrected chi connectivity index (χ1v) is 9.27. The zero-order valence-corrected chi connectivity index (χ0v) is 15.6. The predicted molar refractivity (Wildman–Crippen MR) is 110 cm³/mol. The largest absolute Gasteiger partial charge is 0.310 e. The van der Waals surface area contributed by atoms with Crippen molar-refractivity contribution in [1.82, 2.24) is 24.6 Å². The van der Waals surface area contributed by atoms with Crippen molar-refractivity contribution in [1.29, 1.82) is 0 Å². The van der Waals surface area contributed by atoms with E-state index in [9.17, 15) is 4.79 Å². The van der Waals surface area contributed by atoms with Gasteiger partial charge in [0.1, 0.15) is 5.82 Å². The number of carbonyl (C=O) groups excluding carboxylic acids is 1. The van der Waals surface area contributed by atoms with Gasteiger partial charge in [0, 0.05) is 56.1 Å². The van der Waals surface area contributed by atoms with E-state index >= 15 is 0 Å². The minimum Gasteiger partial charge on any atom is -0.310 e. The van der Waals surface area contributed by atoms with Crippen LogP contribution in [0.5, 0.6) is 0 Å². The van der Waals surface area contributed by atoms with Crippen LogP contribution in [0.3, 0.4) is 0 Å². The van der Waals surface area contributed by atoms with Gasteiger partial charge in [-0.05, 0) is 51.8 Å². The lowest BCUT2D eigenvalue weighted by Crippen LogP contribution is -2.35. The molecular weight excluding hydrogens is 352 g/mol. The van der Waals surface area contributed by atoms with E-state index in [0.717, 1.165) is 16.5 Å². The Morgan fingerprint density at radius 1 is 1.14 bits per heavy atom. The molecule has 1 amide bonds. The summed E-state index contributed by atoms with van der Waals surface area (Å²) in [7, 11) is 1.84. The molecule has 0 unspecified atom stereocenters. The third kappa shape index (κ3) is 3.89. The van der Waals surface area contributed by atoms with Crippen molar-refractivity contribution in [3.05, 3.63) is 36.9 Å². The Morgan fingerprint density at radius 2 is 1.96 bits per heavy atom. The molecule has 0 aromatic carbocycles. The molecule has 146 valence electrons. The first-order valence-electron chi connectivity index (χ1n) is 12.3. The molecule has 0 saturated heterocycles. The zero-order chi connectivity index (χ0) is 24.7. The SMILES string of the molecule is [2H]C([2H])([2H])N(C1CCC(C(=O)Nc2cc3cc(-c4cnn(C)c4)cnc3cn2)CC1)C([2H])([2H])[2H]. The van der Waals surface area contributed by atoms with Crippen LogP contribution in [0.15, 0.2) is 36.9 Å². The molecule has 0 atom stereocenters. The Bertz CT molecular complexity index is 1170. The van der Waals surface area contributed by atoms with Gasteiger partial charge in [-0.15, -0.1) is 0 Å². The van der Waals surface area contributed by atoms with Crippen LogP contribution in [0.4, 0.5) is 5.82 Å². The number of aromatic nitrogens is 4. The fraction of sp³-hybridized carbons (Fsp3) is 0.429. The minimum absolute atomic E-state index is 0.212. The van der Waals surface area contributed by atoms with Crippen LogP contribution < -0.4 is 5.32 Å².